The van der Waals surface area contributed by atoms with Crippen molar-refractivity contribution in [1.82, 2.24) is 10.6 Å². The van der Waals surface area contributed by atoms with Crippen molar-refractivity contribution in [2.75, 3.05) is 11.9 Å². The van der Waals surface area contributed by atoms with Crippen molar-refractivity contribution < 1.29 is 14.3 Å². The lowest BCUT2D eigenvalue weighted by Crippen LogP contribution is -2.49. The van der Waals surface area contributed by atoms with Gasteiger partial charge in [0.15, 0.2) is 0 Å². The van der Waals surface area contributed by atoms with Crippen LogP contribution in [-0.4, -0.2) is 41.8 Å². The number of nitrogens with one attached hydrogen (secondary N) is 3. The molecule has 0 bridgehead atoms. The quantitative estimate of drug-likeness (QED) is 0.391. The minimum absolute atomic E-state index is 0.0283. The van der Waals surface area contributed by atoms with Gasteiger partial charge in [0.1, 0.15) is 5.82 Å². The van der Waals surface area contributed by atoms with E-state index in [-0.39, 0.29) is 40.5 Å². The van der Waals surface area contributed by atoms with Crippen LogP contribution < -0.4 is 16.0 Å². The Hall–Kier alpha value is -1.86. The first kappa shape index (κ1) is 26.7. The fourth-order valence-corrected chi connectivity index (χ4v) is 7.12. The van der Waals surface area contributed by atoms with E-state index in [0.29, 0.717) is 24.4 Å². The second kappa shape index (κ2) is 10.0. The second-order valence-corrected chi connectivity index (χ2v) is 13.1. The van der Waals surface area contributed by atoms with E-state index in [1.807, 2.05) is 24.3 Å². The lowest BCUT2D eigenvalue weighted by molar-refractivity contribution is -0.124. The van der Waals surface area contributed by atoms with Crippen LogP contribution in [0.25, 0.3) is 0 Å². The van der Waals surface area contributed by atoms with Gasteiger partial charge in [0.25, 0.3) is 0 Å². The average Bonchev–Trinajstić information content (AvgIpc) is 3.33. The van der Waals surface area contributed by atoms with Crippen molar-refractivity contribution >= 4 is 34.8 Å². The molecule has 200 valence electrons. The Labute approximate surface area is 228 Å². The Kier molecular flexibility index (Phi) is 7.25. The molecule has 4 atom stereocenters. The monoisotopic (exact) mass is 547 g/mol. The number of aliphatic hydroxyl groups is 1. The van der Waals surface area contributed by atoms with Gasteiger partial charge >= 0.3 is 0 Å². The minimum atomic E-state index is -0.594. The molecule has 2 aromatic carbocycles. The summed E-state index contributed by atoms with van der Waals surface area (Å²) in [6, 6.07) is 10.3. The van der Waals surface area contributed by atoms with Crippen molar-refractivity contribution in [2.45, 2.75) is 88.4 Å². The molecule has 37 heavy (non-hydrogen) atoms. The number of fused-ring (bicyclic) bond motifs is 2. The van der Waals surface area contributed by atoms with Crippen LogP contribution in [0.4, 0.5) is 10.1 Å². The first-order valence-corrected chi connectivity index (χ1v) is 14.0. The molecule has 2 fully saturated rings. The van der Waals surface area contributed by atoms with Gasteiger partial charge in [-0.25, -0.2) is 4.39 Å². The number of hydrogen-bond acceptors (Lipinski definition) is 4. The number of anilines is 1. The molecule has 2 heterocycles. The van der Waals surface area contributed by atoms with E-state index in [2.05, 4.69) is 36.7 Å². The highest BCUT2D eigenvalue weighted by molar-refractivity contribution is 6.31. The van der Waals surface area contributed by atoms with Crippen LogP contribution >= 0.6 is 23.2 Å². The van der Waals surface area contributed by atoms with Gasteiger partial charge < -0.3 is 21.1 Å². The van der Waals surface area contributed by atoms with E-state index in [0.717, 1.165) is 36.1 Å². The van der Waals surface area contributed by atoms with Crippen LogP contribution in [0.2, 0.25) is 10.0 Å². The largest absolute Gasteiger partial charge is 0.393 e. The molecule has 4 N–H and O–H groups in total. The summed E-state index contributed by atoms with van der Waals surface area (Å²) in [5.74, 6) is -0.816. The van der Waals surface area contributed by atoms with E-state index in [1.165, 1.54) is 0 Å². The molecule has 5 nitrogen and oxygen atoms in total. The lowest BCUT2D eigenvalue weighted by atomic mass is 9.63. The van der Waals surface area contributed by atoms with E-state index in [9.17, 15) is 14.3 Å². The normalized spacial score (nSPS) is 31.3. The molecule has 2 aromatic rings. The molecule has 1 saturated heterocycles. The third kappa shape index (κ3) is 5.10. The highest BCUT2D eigenvalue weighted by atomic mass is 35.5. The fourth-order valence-electron chi connectivity index (χ4n) is 6.76. The Bertz CT molecular complexity index is 1180. The maximum absolute atomic E-state index is 15.0. The van der Waals surface area contributed by atoms with Crippen molar-refractivity contribution in [3.8, 4) is 0 Å². The highest BCUT2D eigenvalue weighted by Crippen LogP contribution is 2.56. The average molecular weight is 549 g/mol. The molecule has 0 unspecified atom stereocenters. The Morgan fingerprint density at radius 1 is 1.16 bits per heavy atom. The number of halogens is 3. The topological polar surface area (TPSA) is 73.4 Å². The molecule has 8 heteroatoms. The molecule has 1 saturated carbocycles. The Morgan fingerprint density at radius 3 is 2.57 bits per heavy atom. The molecular weight excluding hydrogens is 512 g/mol. The van der Waals surface area contributed by atoms with Crippen LogP contribution in [0.3, 0.4) is 0 Å². The summed E-state index contributed by atoms with van der Waals surface area (Å²) in [5, 5.41) is 21.1. The number of hydrogen-bond donors (Lipinski definition) is 4. The maximum Gasteiger partial charge on any atom is 0.238 e. The smallest absolute Gasteiger partial charge is 0.238 e. The minimum Gasteiger partial charge on any atom is -0.393 e. The maximum atomic E-state index is 15.0. The number of carbonyl (C=O) groups excluding carboxylic acids is 1. The molecule has 2 aliphatic heterocycles. The van der Waals surface area contributed by atoms with Crippen molar-refractivity contribution in [3.63, 3.8) is 0 Å². The van der Waals surface area contributed by atoms with Gasteiger partial charge in [-0.2, -0.15) is 0 Å². The lowest BCUT2D eigenvalue weighted by Gasteiger charge is -2.39. The predicted octanol–water partition coefficient (Wildman–Crippen LogP) is 5.78. The van der Waals surface area contributed by atoms with Crippen LogP contribution in [0.15, 0.2) is 36.4 Å². The summed E-state index contributed by atoms with van der Waals surface area (Å²) in [5.41, 5.74) is 1.96. The standard InChI is InChI=1S/C29H36Cl2FN3O2/c1-28(2,3)14-24-29(15-33-23-13-21(31)22(32)12-20(23)29)25(16-5-4-6-17(30)11-16)26(35-24)27(37)34-18-7-9-19(36)10-8-18/h4-6,11-13,18-19,24-26,33,35-36H,7-10,14-15H2,1-3H3,(H,34,37)/t18?,19?,24-,25+,26-,29-/m1/s1. The molecule has 0 aromatic heterocycles. The second-order valence-electron chi connectivity index (χ2n) is 12.2. The molecule has 0 radical (unpaired) electrons. The first-order valence-electron chi connectivity index (χ1n) is 13.2. The first-order chi connectivity index (χ1) is 17.5. The summed E-state index contributed by atoms with van der Waals surface area (Å²) < 4.78 is 15.0. The van der Waals surface area contributed by atoms with Gasteiger partial charge in [-0.15, -0.1) is 0 Å². The molecular formula is C29H36Cl2FN3O2. The van der Waals surface area contributed by atoms with Crippen molar-refractivity contribution in [3.05, 3.63) is 63.4 Å². The number of amides is 1. The zero-order valence-corrected chi connectivity index (χ0v) is 23.1. The van der Waals surface area contributed by atoms with Gasteiger partial charge in [0, 0.05) is 40.7 Å². The molecule has 1 spiro atoms. The van der Waals surface area contributed by atoms with Gasteiger partial charge in [-0.1, -0.05) is 56.1 Å². The SMILES string of the molecule is CC(C)(C)C[C@H]1N[C@@H](C(=O)NC2CCC(O)CC2)[C@H](c2cccc(Cl)c2)[C@@]12CNc1cc(Cl)c(F)cc12. The Morgan fingerprint density at radius 2 is 1.89 bits per heavy atom. The van der Waals surface area contributed by atoms with Gasteiger partial charge in [0.2, 0.25) is 5.91 Å². The van der Waals surface area contributed by atoms with Crippen molar-refractivity contribution in [2.24, 2.45) is 5.41 Å². The number of rotatable bonds is 4. The van der Waals surface area contributed by atoms with Crippen molar-refractivity contribution in [1.29, 1.82) is 0 Å². The zero-order chi connectivity index (χ0) is 26.5. The van der Waals surface area contributed by atoms with Crippen LogP contribution in [-0.2, 0) is 10.2 Å². The summed E-state index contributed by atoms with van der Waals surface area (Å²) in [4.78, 5) is 14.0. The summed E-state index contributed by atoms with van der Waals surface area (Å²) in [6.07, 6.45) is 3.38. The number of benzene rings is 2. The van der Waals surface area contributed by atoms with Gasteiger partial charge in [0.05, 0.1) is 17.2 Å². The van der Waals surface area contributed by atoms with Gasteiger partial charge in [-0.3, -0.25) is 4.79 Å². The number of aliphatic hydroxyl groups excluding tert-OH is 1. The van der Waals surface area contributed by atoms with E-state index in [4.69, 9.17) is 23.2 Å². The van der Waals surface area contributed by atoms with Crippen LogP contribution in [0, 0.1) is 11.2 Å². The fraction of sp³-hybridized carbons (Fsp3) is 0.552. The number of carbonyl (C=O) groups is 1. The molecule has 5 rings (SSSR count). The Balaban J connectivity index is 1.62. The molecule has 1 amide bonds. The van der Waals surface area contributed by atoms with Gasteiger partial charge in [-0.05, 0) is 72.9 Å². The molecule has 1 aliphatic carbocycles. The highest BCUT2D eigenvalue weighted by Gasteiger charge is 2.61. The van der Waals surface area contributed by atoms with E-state index >= 15 is 0 Å². The van der Waals surface area contributed by atoms with Crippen LogP contribution in [0.5, 0.6) is 0 Å². The van der Waals surface area contributed by atoms with Crippen LogP contribution in [0.1, 0.15) is 69.9 Å². The predicted molar refractivity (Wildman–Crippen MR) is 147 cm³/mol. The third-order valence-electron chi connectivity index (χ3n) is 8.37. The summed E-state index contributed by atoms with van der Waals surface area (Å²) in [6.45, 7) is 7.10. The van der Waals surface area contributed by atoms with E-state index < -0.39 is 17.3 Å². The molecule has 3 aliphatic rings. The third-order valence-corrected chi connectivity index (χ3v) is 8.90. The summed E-state index contributed by atoms with van der Waals surface area (Å²) >= 11 is 12.6. The summed E-state index contributed by atoms with van der Waals surface area (Å²) in [7, 11) is 0. The zero-order valence-electron chi connectivity index (χ0n) is 21.6. The van der Waals surface area contributed by atoms with E-state index in [1.54, 1.807) is 12.1 Å².